The number of rotatable bonds is 5. The molecule has 0 aliphatic rings. The highest BCUT2D eigenvalue weighted by atomic mass is 32.2. The van der Waals surface area contributed by atoms with E-state index in [4.69, 9.17) is 0 Å². The van der Waals surface area contributed by atoms with Crippen molar-refractivity contribution < 1.29 is 21.9 Å². The maximum atomic E-state index is 12.9. The van der Waals surface area contributed by atoms with Gasteiger partial charge in [-0.1, -0.05) is 19.1 Å². The van der Waals surface area contributed by atoms with Crippen LogP contribution in [0.4, 0.5) is 8.78 Å². The Hall–Kier alpha value is -3.00. The molecule has 29 heavy (non-hydrogen) atoms. The van der Waals surface area contributed by atoms with Crippen LogP contribution in [0.5, 0.6) is 5.75 Å². The van der Waals surface area contributed by atoms with Gasteiger partial charge in [0.25, 0.3) is 0 Å². The Morgan fingerprint density at radius 2 is 1.97 bits per heavy atom. The first kappa shape index (κ1) is 19.3. The van der Waals surface area contributed by atoms with Crippen LogP contribution in [0.2, 0.25) is 0 Å². The highest BCUT2D eigenvalue weighted by molar-refractivity contribution is 7.91. The van der Waals surface area contributed by atoms with Crippen LogP contribution < -0.4 is 4.74 Å². The number of aryl methyl sites for hydroxylation is 1. The van der Waals surface area contributed by atoms with Gasteiger partial charge in [0, 0.05) is 17.0 Å². The molecule has 0 aliphatic heterocycles. The van der Waals surface area contributed by atoms with E-state index in [1.54, 1.807) is 43.5 Å². The summed E-state index contributed by atoms with van der Waals surface area (Å²) in [5.41, 5.74) is 3.20. The lowest BCUT2D eigenvalue weighted by Crippen LogP contribution is -2.04. The lowest BCUT2D eigenvalue weighted by atomic mass is 9.99. The molecule has 0 saturated heterocycles. The molecule has 1 N–H and O–H groups in total. The maximum Gasteiger partial charge on any atom is 0.387 e. The number of sulfone groups is 1. The predicted molar refractivity (Wildman–Crippen MR) is 108 cm³/mol. The van der Waals surface area contributed by atoms with E-state index in [-0.39, 0.29) is 16.4 Å². The minimum absolute atomic E-state index is 0.00624. The Labute approximate surface area is 166 Å². The molecular weight excluding hydrogens is 398 g/mol. The molecule has 0 unspecified atom stereocenters. The second-order valence-corrected chi connectivity index (χ2v) is 8.98. The third kappa shape index (κ3) is 3.44. The largest absolute Gasteiger partial charge is 0.433 e. The van der Waals surface area contributed by atoms with Crippen LogP contribution >= 0.6 is 0 Å². The first-order valence-corrected chi connectivity index (χ1v) is 10.6. The fourth-order valence-electron chi connectivity index (χ4n) is 3.42. The molecule has 0 radical (unpaired) electrons. The number of nitrogens with zero attached hydrogens (tertiary/aromatic N) is 1. The van der Waals surface area contributed by atoms with Crippen molar-refractivity contribution in [1.29, 1.82) is 0 Å². The quantitative estimate of drug-likeness (QED) is 0.492. The number of ether oxygens (including phenoxy) is 1. The molecule has 0 atom stereocenters. The van der Waals surface area contributed by atoms with E-state index in [0.29, 0.717) is 27.7 Å². The van der Waals surface area contributed by atoms with E-state index in [0.717, 1.165) is 10.9 Å². The maximum absolute atomic E-state index is 12.9. The third-order valence-corrected chi connectivity index (χ3v) is 6.54. The molecule has 4 aromatic rings. The Morgan fingerprint density at radius 1 is 1.17 bits per heavy atom. The fourth-order valence-corrected chi connectivity index (χ4v) is 4.35. The molecule has 4 rings (SSSR count). The predicted octanol–water partition coefficient (Wildman–Crippen LogP) is 5.09. The summed E-state index contributed by atoms with van der Waals surface area (Å²) in [7, 11) is -3.39. The minimum atomic E-state index is -3.39. The summed E-state index contributed by atoms with van der Waals surface area (Å²) in [6.07, 6.45) is 1.68. The molecule has 0 fully saturated rings. The van der Waals surface area contributed by atoms with Gasteiger partial charge in [-0.2, -0.15) is 8.78 Å². The third-order valence-electron chi connectivity index (χ3n) is 4.80. The summed E-state index contributed by atoms with van der Waals surface area (Å²) >= 11 is 0. The number of aromatic nitrogens is 2. The summed E-state index contributed by atoms with van der Waals surface area (Å²) in [5, 5.41) is 1.40. The molecule has 0 spiro atoms. The first-order chi connectivity index (χ1) is 13.8. The molecule has 0 amide bonds. The average molecular weight is 416 g/mol. The second kappa shape index (κ2) is 7.11. The number of aromatic amines is 1. The van der Waals surface area contributed by atoms with Crippen LogP contribution in [0.15, 0.2) is 53.6 Å². The van der Waals surface area contributed by atoms with Crippen LogP contribution in [0.25, 0.3) is 33.1 Å². The molecule has 0 bridgehead atoms. The van der Waals surface area contributed by atoms with E-state index >= 15 is 0 Å². The van der Waals surface area contributed by atoms with E-state index in [2.05, 4.69) is 14.7 Å². The SMILES string of the molecule is CCS(=O)(=O)c1cccc(-c2ccc(OC(F)F)c3[nH]c4ncc(C)cc4c23)c1. The van der Waals surface area contributed by atoms with Gasteiger partial charge in [-0.15, -0.1) is 0 Å². The lowest BCUT2D eigenvalue weighted by Gasteiger charge is -2.11. The van der Waals surface area contributed by atoms with Crippen molar-refractivity contribution in [3.63, 3.8) is 0 Å². The number of halogens is 2. The van der Waals surface area contributed by atoms with Crippen LogP contribution in [0, 0.1) is 6.92 Å². The Bertz CT molecular complexity index is 1330. The molecule has 2 heterocycles. The Morgan fingerprint density at radius 3 is 2.69 bits per heavy atom. The van der Waals surface area contributed by atoms with Crippen molar-refractivity contribution in [3.8, 4) is 16.9 Å². The van der Waals surface area contributed by atoms with Crippen LogP contribution in [-0.4, -0.2) is 30.8 Å². The number of pyridine rings is 1. The van der Waals surface area contributed by atoms with Crippen molar-refractivity contribution in [3.05, 3.63) is 54.2 Å². The van der Waals surface area contributed by atoms with E-state index < -0.39 is 16.4 Å². The van der Waals surface area contributed by atoms with Gasteiger partial charge in [0.1, 0.15) is 11.4 Å². The zero-order valence-corrected chi connectivity index (χ0v) is 16.6. The van der Waals surface area contributed by atoms with Gasteiger partial charge in [0.15, 0.2) is 9.84 Å². The standard InChI is InChI=1S/C21H18F2N2O3S/c1-3-29(26,27)14-6-4-5-13(10-14)15-7-8-17(28-21(22)23)19-18(15)16-9-12(2)11-24-20(16)25-19/h4-11,21H,3H2,1-2H3,(H,24,25). The van der Waals surface area contributed by atoms with Crippen LogP contribution in [0.1, 0.15) is 12.5 Å². The lowest BCUT2D eigenvalue weighted by molar-refractivity contribution is -0.0489. The summed E-state index contributed by atoms with van der Waals surface area (Å²) in [6, 6.07) is 11.6. The van der Waals surface area contributed by atoms with E-state index in [1.165, 1.54) is 6.07 Å². The van der Waals surface area contributed by atoms with Crippen LogP contribution in [0.3, 0.4) is 0 Å². The van der Waals surface area contributed by atoms with Crippen molar-refractivity contribution in [2.45, 2.75) is 25.4 Å². The fraction of sp³-hybridized carbons (Fsp3) is 0.190. The number of fused-ring (bicyclic) bond motifs is 3. The molecular formula is C21H18F2N2O3S. The van der Waals surface area contributed by atoms with Crippen molar-refractivity contribution in [2.75, 3.05) is 5.75 Å². The summed E-state index contributed by atoms with van der Waals surface area (Å²) in [6.45, 7) is 0.507. The summed E-state index contributed by atoms with van der Waals surface area (Å²) < 4.78 is 55.1. The summed E-state index contributed by atoms with van der Waals surface area (Å²) in [4.78, 5) is 7.62. The van der Waals surface area contributed by atoms with Crippen LogP contribution in [-0.2, 0) is 9.84 Å². The van der Waals surface area contributed by atoms with Gasteiger partial charge < -0.3 is 9.72 Å². The highest BCUT2D eigenvalue weighted by Crippen LogP contribution is 2.39. The topological polar surface area (TPSA) is 72.1 Å². The second-order valence-electron chi connectivity index (χ2n) is 6.70. The van der Waals surface area contributed by atoms with Gasteiger partial charge >= 0.3 is 6.61 Å². The van der Waals surface area contributed by atoms with Gasteiger partial charge in [-0.25, -0.2) is 13.4 Å². The smallest absolute Gasteiger partial charge is 0.387 e. The zero-order chi connectivity index (χ0) is 20.8. The zero-order valence-electron chi connectivity index (χ0n) is 15.7. The first-order valence-electron chi connectivity index (χ1n) is 8.99. The molecule has 0 saturated carbocycles. The molecule has 0 aliphatic carbocycles. The van der Waals surface area contributed by atoms with Crippen molar-refractivity contribution in [2.24, 2.45) is 0 Å². The van der Waals surface area contributed by atoms with Crippen molar-refractivity contribution >= 4 is 31.8 Å². The van der Waals surface area contributed by atoms with Gasteiger partial charge in [0.2, 0.25) is 0 Å². The van der Waals surface area contributed by atoms with Crippen molar-refractivity contribution in [1.82, 2.24) is 9.97 Å². The average Bonchev–Trinajstić information content (AvgIpc) is 3.07. The summed E-state index contributed by atoms with van der Waals surface area (Å²) in [5.74, 6) is -0.00445. The van der Waals surface area contributed by atoms with Gasteiger partial charge in [-0.3, -0.25) is 0 Å². The Balaban J connectivity index is 2.04. The highest BCUT2D eigenvalue weighted by Gasteiger charge is 2.19. The molecule has 8 heteroatoms. The molecule has 2 aromatic carbocycles. The number of benzene rings is 2. The Kier molecular flexibility index (Phi) is 4.74. The van der Waals surface area contributed by atoms with Gasteiger partial charge in [-0.05, 0) is 53.9 Å². The minimum Gasteiger partial charge on any atom is -0.433 e. The monoisotopic (exact) mass is 416 g/mol. The number of hydrogen-bond acceptors (Lipinski definition) is 4. The normalized spacial score (nSPS) is 12.2. The molecule has 5 nitrogen and oxygen atoms in total. The number of hydrogen-bond donors (Lipinski definition) is 1. The number of nitrogens with one attached hydrogen (secondary N) is 1. The van der Waals surface area contributed by atoms with E-state index in [9.17, 15) is 17.2 Å². The number of alkyl halides is 2. The molecule has 150 valence electrons. The molecule has 2 aromatic heterocycles. The van der Waals surface area contributed by atoms with E-state index in [1.807, 2.05) is 13.0 Å². The number of H-pyrrole nitrogens is 1. The van der Waals surface area contributed by atoms with Gasteiger partial charge in [0.05, 0.1) is 16.2 Å².